The average Bonchev–Trinajstić information content (AvgIpc) is 2.46. The number of hydrogen-bond acceptors (Lipinski definition) is 3. The van der Waals surface area contributed by atoms with Crippen LogP contribution in [0, 0.1) is 0 Å². The van der Waals surface area contributed by atoms with E-state index in [0.717, 1.165) is 24.5 Å². The number of nitrogens with one attached hydrogen (secondary N) is 1. The summed E-state index contributed by atoms with van der Waals surface area (Å²) in [6.07, 6.45) is 10.3. The summed E-state index contributed by atoms with van der Waals surface area (Å²) in [5.74, 6) is 0.929. The van der Waals surface area contributed by atoms with Crippen molar-refractivity contribution in [1.29, 1.82) is 0 Å². The van der Waals surface area contributed by atoms with Crippen LogP contribution in [0.25, 0.3) is 0 Å². The Hall–Kier alpha value is -1.22. The summed E-state index contributed by atoms with van der Waals surface area (Å²) in [5.41, 5.74) is 2.65. The fourth-order valence-corrected chi connectivity index (χ4v) is 2.36. The van der Waals surface area contributed by atoms with E-state index in [2.05, 4.69) is 35.2 Å². The normalized spacial score (nSPS) is 17.3. The fourth-order valence-electron chi connectivity index (χ4n) is 2.36. The Morgan fingerprint density at radius 3 is 3.00 bits per heavy atom. The first-order chi connectivity index (χ1) is 8.79. The molecule has 0 fully saturated rings. The number of aryl methyl sites for hydroxylation is 1. The van der Waals surface area contributed by atoms with Gasteiger partial charge < -0.3 is 5.32 Å². The van der Waals surface area contributed by atoms with Crippen LogP contribution in [0.2, 0.25) is 0 Å². The smallest absolute Gasteiger partial charge is 0.128 e. The molecule has 3 heteroatoms. The highest BCUT2D eigenvalue weighted by Gasteiger charge is 2.11. The Morgan fingerprint density at radius 1 is 1.39 bits per heavy atom. The predicted molar refractivity (Wildman–Crippen MR) is 74.3 cm³/mol. The number of hydrogen-bond donors (Lipinski definition) is 1. The van der Waals surface area contributed by atoms with Gasteiger partial charge in [0.25, 0.3) is 0 Å². The minimum atomic E-state index is 0.463. The molecule has 1 aromatic heterocycles. The van der Waals surface area contributed by atoms with Crippen LogP contribution in [0.1, 0.15) is 51.0 Å². The third-order valence-corrected chi connectivity index (χ3v) is 3.55. The van der Waals surface area contributed by atoms with Crippen molar-refractivity contribution in [1.82, 2.24) is 15.3 Å². The van der Waals surface area contributed by atoms with Gasteiger partial charge >= 0.3 is 0 Å². The van der Waals surface area contributed by atoms with Gasteiger partial charge in [-0.2, -0.15) is 0 Å². The zero-order valence-corrected chi connectivity index (χ0v) is 11.4. The number of rotatable bonds is 5. The summed E-state index contributed by atoms with van der Waals surface area (Å²) in [6.45, 7) is 5.16. The lowest BCUT2D eigenvalue weighted by molar-refractivity contribution is 0.553. The minimum Gasteiger partial charge on any atom is -0.305 e. The maximum absolute atomic E-state index is 4.52. The van der Waals surface area contributed by atoms with Gasteiger partial charge in [-0.1, -0.05) is 18.6 Å². The SMILES string of the molecule is CCc1nccc(CNC(C)C2=CCCCC2)n1. The summed E-state index contributed by atoms with van der Waals surface area (Å²) in [4.78, 5) is 8.74. The van der Waals surface area contributed by atoms with Crippen molar-refractivity contribution in [3.05, 3.63) is 35.4 Å². The molecular formula is C15H23N3. The summed E-state index contributed by atoms with van der Waals surface area (Å²) in [5, 5.41) is 3.56. The van der Waals surface area contributed by atoms with Gasteiger partial charge in [-0.15, -0.1) is 0 Å². The molecule has 0 saturated carbocycles. The van der Waals surface area contributed by atoms with Gasteiger partial charge in [0.05, 0.1) is 5.69 Å². The molecule has 1 unspecified atom stereocenters. The molecule has 0 radical (unpaired) electrons. The van der Waals surface area contributed by atoms with Gasteiger partial charge in [0.1, 0.15) is 5.82 Å². The highest BCUT2D eigenvalue weighted by Crippen LogP contribution is 2.20. The third kappa shape index (κ3) is 3.64. The van der Waals surface area contributed by atoms with E-state index in [1.54, 1.807) is 5.57 Å². The van der Waals surface area contributed by atoms with Crippen molar-refractivity contribution in [3.8, 4) is 0 Å². The second-order valence-electron chi connectivity index (χ2n) is 4.95. The molecule has 18 heavy (non-hydrogen) atoms. The number of nitrogens with zero attached hydrogens (tertiary/aromatic N) is 2. The molecule has 0 bridgehead atoms. The zero-order chi connectivity index (χ0) is 12.8. The van der Waals surface area contributed by atoms with Crippen molar-refractivity contribution in [3.63, 3.8) is 0 Å². The first-order valence-corrected chi connectivity index (χ1v) is 7.02. The van der Waals surface area contributed by atoms with Crippen LogP contribution < -0.4 is 5.32 Å². The molecule has 0 aliphatic heterocycles. The molecule has 1 N–H and O–H groups in total. The van der Waals surface area contributed by atoms with Crippen molar-refractivity contribution < 1.29 is 0 Å². The van der Waals surface area contributed by atoms with Crippen LogP contribution >= 0.6 is 0 Å². The first kappa shape index (κ1) is 13.2. The second-order valence-corrected chi connectivity index (χ2v) is 4.95. The molecule has 1 heterocycles. The first-order valence-electron chi connectivity index (χ1n) is 7.02. The van der Waals surface area contributed by atoms with Gasteiger partial charge in [0, 0.05) is 25.2 Å². The highest BCUT2D eigenvalue weighted by atomic mass is 14.9. The van der Waals surface area contributed by atoms with E-state index in [9.17, 15) is 0 Å². The Kier molecular flexibility index (Phi) is 4.88. The number of allylic oxidation sites excluding steroid dienone is 1. The molecule has 2 rings (SSSR count). The van der Waals surface area contributed by atoms with Crippen molar-refractivity contribution in [2.45, 2.75) is 58.5 Å². The van der Waals surface area contributed by atoms with Gasteiger partial charge in [-0.3, -0.25) is 0 Å². The van der Waals surface area contributed by atoms with Gasteiger partial charge in [-0.05, 0) is 38.7 Å². The molecule has 1 aliphatic rings. The van der Waals surface area contributed by atoms with Crippen molar-refractivity contribution >= 4 is 0 Å². The fraction of sp³-hybridized carbons (Fsp3) is 0.600. The van der Waals surface area contributed by atoms with E-state index in [4.69, 9.17) is 0 Å². The summed E-state index contributed by atoms with van der Waals surface area (Å²) < 4.78 is 0. The molecule has 3 nitrogen and oxygen atoms in total. The maximum atomic E-state index is 4.52. The molecule has 98 valence electrons. The molecule has 1 aromatic rings. The molecule has 0 saturated heterocycles. The van der Waals surface area contributed by atoms with E-state index in [1.165, 1.54) is 25.7 Å². The zero-order valence-electron chi connectivity index (χ0n) is 11.4. The van der Waals surface area contributed by atoms with Gasteiger partial charge in [-0.25, -0.2) is 9.97 Å². The van der Waals surface area contributed by atoms with Crippen LogP contribution in [0.15, 0.2) is 23.9 Å². The highest BCUT2D eigenvalue weighted by molar-refractivity contribution is 5.12. The summed E-state index contributed by atoms with van der Waals surface area (Å²) in [6, 6.07) is 2.46. The summed E-state index contributed by atoms with van der Waals surface area (Å²) in [7, 11) is 0. The lowest BCUT2D eigenvalue weighted by atomic mass is 9.95. The molecule has 1 atom stereocenters. The average molecular weight is 245 g/mol. The quantitative estimate of drug-likeness (QED) is 0.810. The molecule has 0 amide bonds. The topological polar surface area (TPSA) is 37.8 Å². The Morgan fingerprint density at radius 2 is 2.28 bits per heavy atom. The molecule has 0 spiro atoms. The minimum absolute atomic E-state index is 0.463. The largest absolute Gasteiger partial charge is 0.305 e. The van der Waals surface area contributed by atoms with Crippen LogP contribution in [0.5, 0.6) is 0 Å². The van der Waals surface area contributed by atoms with Gasteiger partial charge in [0.2, 0.25) is 0 Å². The maximum Gasteiger partial charge on any atom is 0.128 e. The van der Waals surface area contributed by atoms with Crippen LogP contribution in [-0.2, 0) is 13.0 Å². The van der Waals surface area contributed by atoms with Crippen molar-refractivity contribution in [2.24, 2.45) is 0 Å². The number of aromatic nitrogens is 2. The van der Waals surface area contributed by atoms with Crippen LogP contribution in [-0.4, -0.2) is 16.0 Å². The standard InChI is InChI=1S/C15H23N3/c1-3-15-16-10-9-14(18-15)11-17-12(2)13-7-5-4-6-8-13/h7,9-10,12,17H,3-6,8,11H2,1-2H3. The van der Waals surface area contributed by atoms with E-state index in [-0.39, 0.29) is 0 Å². The summed E-state index contributed by atoms with van der Waals surface area (Å²) >= 11 is 0. The predicted octanol–water partition coefficient (Wildman–Crippen LogP) is 3.02. The molecular weight excluding hydrogens is 222 g/mol. The Labute approximate surface area is 110 Å². The Balaban J connectivity index is 1.88. The van der Waals surface area contributed by atoms with E-state index in [0.29, 0.717) is 6.04 Å². The lowest BCUT2D eigenvalue weighted by Crippen LogP contribution is -2.28. The van der Waals surface area contributed by atoms with Crippen LogP contribution in [0.4, 0.5) is 0 Å². The second kappa shape index (κ2) is 6.64. The van der Waals surface area contributed by atoms with Crippen LogP contribution in [0.3, 0.4) is 0 Å². The van der Waals surface area contributed by atoms with E-state index in [1.807, 2.05) is 12.3 Å². The molecule has 0 aromatic carbocycles. The van der Waals surface area contributed by atoms with E-state index >= 15 is 0 Å². The van der Waals surface area contributed by atoms with E-state index < -0.39 is 0 Å². The van der Waals surface area contributed by atoms with Gasteiger partial charge in [0.15, 0.2) is 0 Å². The van der Waals surface area contributed by atoms with Crippen molar-refractivity contribution in [2.75, 3.05) is 0 Å². The lowest BCUT2D eigenvalue weighted by Gasteiger charge is -2.20. The Bertz CT molecular complexity index is 412. The molecule has 1 aliphatic carbocycles. The third-order valence-electron chi connectivity index (χ3n) is 3.55. The monoisotopic (exact) mass is 245 g/mol.